The van der Waals surface area contributed by atoms with Crippen LogP contribution in [0.25, 0.3) is 11.0 Å². The number of aromatic nitrogens is 2. The van der Waals surface area contributed by atoms with E-state index in [0.717, 1.165) is 29.0 Å². The lowest BCUT2D eigenvalue weighted by Gasteiger charge is -2.22. The molecule has 0 saturated carbocycles. The van der Waals surface area contributed by atoms with E-state index in [9.17, 15) is 4.79 Å². The number of rotatable bonds is 1. The Balaban J connectivity index is 1.77. The lowest BCUT2D eigenvalue weighted by molar-refractivity contribution is 0.0981. The summed E-state index contributed by atoms with van der Waals surface area (Å²) in [6, 6.07) is 14.1. The summed E-state index contributed by atoms with van der Waals surface area (Å²) in [6.07, 6.45) is 0.910. The molecule has 0 N–H and O–H groups in total. The van der Waals surface area contributed by atoms with E-state index >= 15 is 0 Å². The molecule has 4 rings (SSSR count). The number of imidazole rings is 1. The minimum absolute atomic E-state index is 0.0488. The fourth-order valence-electron chi connectivity index (χ4n) is 3.47. The largest absolute Gasteiger partial charge is 0.331 e. The van der Waals surface area contributed by atoms with Crippen molar-refractivity contribution in [2.24, 2.45) is 7.05 Å². The third-order valence-electron chi connectivity index (χ3n) is 4.78. The van der Waals surface area contributed by atoms with E-state index in [0.29, 0.717) is 5.56 Å². The molecule has 1 atom stereocenters. The highest BCUT2D eigenvalue weighted by atomic mass is 16.2. The molecule has 1 aliphatic heterocycles. The van der Waals surface area contributed by atoms with Crippen molar-refractivity contribution in [2.75, 3.05) is 4.90 Å². The number of carbonyl (C=O) groups excluding carboxylic acids is 1. The van der Waals surface area contributed by atoms with Crippen molar-refractivity contribution in [1.29, 1.82) is 0 Å². The SMILES string of the molecule is Cc1nc2cc(C(=O)N3c4ccccc4CC3C)ccc2n1C. The molecule has 1 amide bonds. The number of hydrogen-bond acceptors (Lipinski definition) is 2. The molecule has 2 heterocycles. The van der Waals surface area contributed by atoms with Crippen molar-refractivity contribution in [3.63, 3.8) is 0 Å². The minimum atomic E-state index is 0.0488. The van der Waals surface area contributed by atoms with Crippen LogP contribution in [0.3, 0.4) is 0 Å². The Morgan fingerprint density at radius 1 is 1.22 bits per heavy atom. The second-order valence-electron chi connectivity index (χ2n) is 6.28. The van der Waals surface area contributed by atoms with E-state index < -0.39 is 0 Å². The summed E-state index contributed by atoms with van der Waals surface area (Å²) < 4.78 is 2.04. The van der Waals surface area contributed by atoms with Gasteiger partial charge in [0, 0.05) is 24.3 Å². The van der Waals surface area contributed by atoms with Gasteiger partial charge in [0.1, 0.15) is 5.82 Å². The van der Waals surface area contributed by atoms with Crippen LogP contribution in [0.15, 0.2) is 42.5 Å². The number of aryl methyl sites for hydroxylation is 2. The predicted molar refractivity (Wildman–Crippen MR) is 91.9 cm³/mol. The van der Waals surface area contributed by atoms with Crippen LogP contribution in [0.5, 0.6) is 0 Å². The Labute approximate surface area is 135 Å². The number of benzene rings is 2. The summed E-state index contributed by atoms with van der Waals surface area (Å²) in [5, 5.41) is 0. The third kappa shape index (κ3) is 2.05. The highest BCUT2D eigenvalue weighted by Gasteiger charge is 2.31. The van der Waals surface area contributed by atoms with Gasteiger partial charge in [0.05, 0.1) is 11.0 Å². The quantitative estimate of drug-likeness (QED) is 0.690. The average molecular weight is 305 g/mol. The van der Waals surface area contributed by atoms with Gasteiger partial charge >= 0.3 is 0 Å². The molecule has 116 valence electrons. The molecule has 1 unspecified atom stereocenters. The van der Waals surface area contributed by atoms with Gasteiger partial charge in [-0.3, -0.25) is 4.79 Å². The Morgan fingerprint density at radius 3 is 2.83 bits per heavy atom. The second kappa shape index (κ2) is 4.95. The first kappa shape index (κ1) is 14.0. The second-order valence-corrected chi connectivity index (χ2v) is 6.28. The fourth-order valence-corrected chi connectivity index (χ4v) is 3.47. The highest BCUT2D eigenvalue weighted by molar-refractivity contribution is 6.09. The monoisotopic (exact) mass is 305 g/mol. The smallest absolute Gasteiger partial charge is 0.258 e. The van der Waals surface area contributed by atoms with E-state index in [1.807, 2.05) is 59.8 Å². The van der Waals surface area contributed by atoms with Crippen LogP contribution in [0.1, 0.15) is 28.7 Å². The molecule has 2 aromatic carbocycles. The first-order valence-electron chi connectivity index (χ1n) is 7.91. The molecule has 4 heteroatoms. The molecule has 1 aromatic heterocycles. The van der Waals surface area contributed by atoms with Crippen molar-refractivity contribution < 1.29 is 4.79 Å². The summed E-state index contributed by atoms with van der Waals surface area (Å²) in [4.78, 5) is 19.5. The highest BCUT2D eigenvalue weighted by Crippen LogP contribution is 2.33. The molecule has 3 aromatic rings. The Bertz CT molecular complexity index is 926. The minimum Gasteiger partial charge on any atom is -0.331 e. The fraction of sp³-hybridized carbons (Fsp3) is 0.263. The summed E-state index contributed by atoms with van der Waals surface area (Å²) in [5.74, 6) is 0.997. The number of anilines is 1. The third-order valence-corrected chi connectivity index (χ3v) is 4.78. The number of nitrogens with zero attached hydrogens (tertiary/aromatic N) is 3. The van der Waals surface area contributed by atoms with Crippen molar-refractivity contribution in [3.05, 3.63) is 59.4 Å². The number of hydrogen-bond donors (Lipinski definition) is 0. The molecule has 4 nitrogen and oxygen atoms in total. The van der Waals surface area contributed by atoms with Gasteiger partial charge in [-0.15, -0.1) is 0 Å². The number of para-hydroxylation sites is 1. The first-order valence-corrected chi connectivity index (χ1v) is 7.91. The molecule has 0 radical (unpaired) electrons. The van der Waals surface area contributed by atoms with Crippen molar-refractivity contribution in [1.82, 2.24) is 9.55 Å². The van der Waals surface area contributed by atoms with E-state index in [1.165, 1.54) is 5.56 Å². The number of fused-ring (bicyclic) bond motifs is 2. The average Bonchev–Trinajstić information content (AvgIpc) is 3.02. The van der Waals surface area contributed by atoms with Gasteiger partial charge < -0.3 is 9.47 Å². The lowest BCUT2D eigenvalue weighted by Crippen LogP contribution is -2.35. The Hall–Kier alpha value is -2.62. The number of carbonyl (C=O) groups is 1. The standard InChI is InChI=1S/C19H19N3O/c1-12-10-14-6-4-5-7-17(14)22(12)19(23)15-8-9-18-16(11-15)20-13(2)21(18)3/h4-9,11-12H,10H2,1-3H3. The van der Waals surface area contributed by atoms with Crippen LogP contribution in [-0.4, -0.2) is 21.5 Å². The maximum Gasteiger partial charge on any atom is 0.258 e. The summed E-state index contributed by atoms with van der Waals surface area (Å²) in [6.45, 7) is 4.07. The topological polar surface area (TPSA) is 38.1 Å². The van der Waals surface area contributed by atoms with Gasteiger partial charge in [0.15, 0.2) is 0 Å². The van der Waals surface area contributed by atoms with Crippen LogP contribution in [0.2, 0.25) is 0 Å². The molecule has 0 fully saturated rings. The number of amides is 1. The van der Waals surface area contributed by atoms with Crippen molar-refractivity contribution in [2.45, 2.75) is 26.3 Å². The first-order chi connectivity index (χ1) is 11.1. The van der Waals surface area contributed by atoms with E-state index in [1.54, 1.807) is 0 Å². The van der Waals surface area contributed by atoms with Gasteiger partial charge in [-0.25, -0.2) is 4.98 Å². The molecule has 0 aliphatic carbocycles. The summed E-state index contributed by atoms with van der Waals surface area (Å²) in [7, 11) is 1.99. The summed E-state index contributed by atoms with van der Waals surface area (Å²) >= 11 is 0. The van der Waals surface area contributed by atoms with Crippen molar-refractivity contribution in [3.8, 4) is 0 Å². The zero-order valence-electron chi connectivity index (χ0n) is 13.6. The maximum atomic E-state index is 13.0. The molecule has 1 aliphatic rings. The van der Waals surface area contributed by atoms with Crippen LogP contribution in [0, 0.1) is 6.92 Å². The summed E-state index contributed by atoms with van der Waals surface area (Å²) in [5.41, 5.74) is 4.88. The lowest BCUT2D eigenvalue weighted by atomic mass is 10.1. The van der Waals surface area contributed by atoms with E-state index in [2.05, 4.69) is 18.0 Å². The zero-order chi connectivity index (χ0) is 16.1. The zero-order valence-corrected chi connectivity index (χ0v) is 13.6. The van der Waals surface area contributed by atoms with Crippen molar-refractivity contribution >= 4 is 22.6 Å². The van der Waals surface area contributed by atoms with Gasteiger partial charge in [-0.2, -0.15) is 0 Å². The van der Waals surface area contributed by atoms with Gasteiger partial charge in [0.25, 0.3) is 5.91 Å². The van der Waals surface area contributed by atoms with Crippen LogP contribution < -0.4 is 4.90 Å². The van der Waals surface area contributed by atoms with Gasteiger partial charge in [0.2, 0.25) is 0 Å². The van der Waals surface area contributed by atoms with Crippen LogP contribution in [0.4, 0.5) is 5.69 Å². The molecule has 0 saturated heterocycles. The Morgan fingerprint density at radius 2 is 2.00 bits per heavy atom. The molecular formula is C19H19N3O. The Kier molecular flexibility index (Phi) is 3.01. The van der Waals surface area contributed by atoms with Gasteiger partial charge in [-0.05, 0) is 50.1 Å². The molecule has 0 spiro atoms. The molecule has 23 heavy (non-hydrogen) atoms. The normalized spacial score (nSPS) is 16.8. The molecule has 0 bridgehead atoms. The van der Waals surface area contributed by atoms with E-state index in [-0.39, 0.29) is 11.9 Å². The van der Waals surface area contributed by atoms with E-state index in [4.69, 9.17) is 0 Å². The molecular weight excluding hydrogens is 286 g/mol. The predicted octanol–water partition coefficient (Wildman–Crippen LogP) is 3.47. The maximum absolute atomic E-state index is 13.0. The van der Waals surface area contributed by atoms with Crippen LogP contribution in [-0.2, 0) is 13.5 Å². The van der Waals surface area contributed by atoms with Gasteiger partial charge in [-0.1, -0.05) is 18.2 Å². The van der Waals surface area contributed by atoms with Crippen LogP contribution >= 0.6 is 0 Å².